The van der Waals surface area contributed by atoms with Gasteiger partial charge in [-0.3, -0.25) is 0 Å². The molecule has 4 aliphatic rings. The van der Waals surface area contributed by atoms with E-state index in [1.54, 1.807) is 0 Å². The standard InChI is InChI=1S/C20H24N10O12P2/c21-15-9-17(25-3-23-15)29(5-27-9)19-11(31)12-8(38-19)2-37-44(34,35)41-13-7(1-36-43(32,33)40-12)39-20(14(13)42-44)30-6-28-10-16(22)24-4-26-18(10)30/h3-8,11-14,19-20,31,34-35H,1-2H2,(H,32,33)(H2,21,23,25)(H2,22,24,26)/p-1/t7-,8+,11+,12+,13-,14-,19+,20-/m1/s1. The predicted molar refractivity (Wildman–Crippen MR) is 139 cm³/mol. The third kappa shape index (κ3) is 4.39. The molecule has 7 N–H and O–H groups in total. The second-order valence-electron chi connectivity index (χ2n) is 10.3. The number of fused-ring (bicyclic) bond motifs is 4. The first-order chi connectivity index (χ1) is 20.9. The van der Waals surface area contributed by atoms with Gasteiger partial charge in [0.2, 0.25) is 0 Å². The number of nitrogens with two attached hydrogens (primary N) is 2. The zero-order valence-electron chi connectivity index (χ0n) is 22.0. The van der Waals surface area contributed by atoms with Gasteiger partial charge < -0.3 is 0 Å². The van der Waals surface area contributed by atoms with Crippen molar-refractivity contribution in [2.45, 2.75) is 49.1 Å². The number of phosphoric acid groups is 1. The van der Waals surface area contributed by atoms with Gasteiger partial charge in [-0.05, 0) is 0 Å². The molecule has 236 valence electrons. The Balaban J connectivity index is 1.13. The van der Waals surface area contributed by atoms with Crippen LogP contribution in [0.15, 0.2) is 25.3 Å². The summed E-state index contributed by atoms with van der Waals surface area (Å²) in [4.78, 5) is 59.9. The number of imidazole rings is 2. The molecule has 0 aliphatic carbocycles. The van der Waals surface area contributed by atoms with E-state index in [0.717, 1.165) is 0 Å². The number of ether oxygens (including phenoxy) is 2. The summed E-state index contributed by atoms with van der Waals surface area (Å²) in [5.41, 5.74) is 12.6. The normalized spacial score (nSPS) is 39.0. The minimum absolute atomic E-state index is 0.0553. The average molecular weight is 657 g/mol. The molecule has 8 rings (SSSR count). The minimum atomic E-state index is -5.90. The van der Waals surface area contributed by atoms with Crippen molar-refractivity contribution in [1.82, 2.24) is 39.0 Å². The Hall–Kier alpha value is -3.08. The molecule has 8 heterocycles. The number of aliphatic hydroxyl groups is 1. The third-order valence-electron chi connectivity index (χ3n) is 7.63. The molecule has 0 spiro atoms. The summed E-state index contributed by atoms with van der Waals surface area (Å²) in [6.07, 6.45) is -6.21. The van der Waals surface area contributed by atoms with Crippen molar-refractivity contribution in [3.8, 4) is 0 Å². The van der Waals surface area contributed by atoms with E-state index in [1.807, 2.05) is 0 Å². The monoisotopic (exact) mass is 657 g/mol. The molecule has 4 fully saturated rings. The molecule has 4 aromatic heterocycles. The van der Waals surface area contributed by atoms with E-state index >= 15 is 0 Å². The summed E-state index contributed by atoms with van der Waals surface area (Å²) in [7, 11) is -11.1. The summed E-state index contributed by atoms with van der Waals surface area (Å²) in [6.45, 7) is -1.49. The van der Waals surface area contributed by atoms with Gasteiger partial charge in [0.25, 0.3) is 0 Å². The predicted octanol–water partition coefficient (Wildman–Crippen LogP) is -2.22. The number of hydrogen-bond acceptors (Lipinski definition) is 20. The van der Waals surface area contributed by atoms with E-state index in [2.05, 4.69) is 29.9 Å². The molecule has 4 aliphatic heterocycles. The Morgan fingerprint density at radius 1 is 0.841 bits per heavy atom. The third-order valence-corrected chi connectivity index (χ3v) is 10.4. The molecule has 4 aromatic rings. The number of hydrogen-bond donors (Lipinski definition) is 5. The zero-order chi connectivity index (χ0) is 30.6. The number of nitrogen functional groups attached to an aromatic ring is 2. The molecule has 0 saturated carbocycles. The summed E-state index contributed by atoms with van der Waals surface area (Å²) in [5.74, 6) is 0.136. The molecule has 22 nitrogen and oxygen atoms in total. The van der Waals surface area contributed by atoms with Crippen LogP contribution in [0.25, 0.3) is 22.3 Å². The Bertz CT molecular complexity index is 1840. The van der Waals surface area contributed by atoms with Crippen LogP contribution in [-0.4, -0.2) is 104 Å². The maximum absolute atomic E-state index is 13.0. The molecular formula is C20H23N10O12P2-. The fourth-order valence-corrected chi connectivity index (χ4v) is 8.51. The molecule has 9 atom stereocenters. The molecule has 0 aromatic carbocycles. The number of nitrogens with zero attached hydrogens (tertiary/aromatic N) is 8. The van der Waals surface area contributed by atoms with E-state index in [0.29, 0.717) is 0 Å². The van der Waals surface area contributed by atoms with Crippen molar-refractivity contribution in [3.63, 3.8) is 0 Å². The van der Waals surface area contributed by atoms with E-state index in [-0.39, 0.29) is 34.0 Å². The van der Waals surface area contributed by atoms with Gasteiger partial charge >= 0.3 is 244 Å². The van der Waals surface area contributed by atoms with Crippen molar-refractivity contribution in [2.24, 2.45) is 0 Å². The van der Waals surface area contributed by atoms with Crippen molar-refractivity contribution in [1.29, 1.82) is 0 Å². The van der Waals surface area contributed by atoms with Crippen LogP contribution in [0.3, 0.4) is 0 Å². The molecule has 44 heavy (non-hydrogen) atoms. The molecule has 1 unspecified atom stereocenters. The van der Waals surface area contributed by atoms with Crippen LogP contribution in [-0.2, 0) is 36.7 Å². The topological polar surface area (TPSA) is 305 Å². The molecule has 0 amide bonds. The van der Waals surface area contributed by atoms with Gasteiger partial charge in [0, 0.05) is 0 Å². The zero-order valence-corrected chi connectivity index (χ0v) is 23.8. The Morgan fingerprint density at radius 3 is 2.07 bits per heavy atom. The van der Waals surface area contributed by atoms with Gasteiger partial charge in [-0.25, -0.2) is 0 Å². The van der Waals surface area contributed by atoms with Crippen molar-refractivity contribution < 1.29 is 56.4 Å². The molecule has 0 radical (unpaired) electrons. The van der Waals surface area contributed by atoms with Gasteiger partial charge in [0.05, 0.1) is 0 Å². The second kappa shape index (κ2) is 9.47. The summed E-state index contributed by atoms with van der Waals surface area (Å²) < 4.78 is 54.6. The van der Waals surface area contributed by atoms with Crippen LogP contribution < -0.4 is 16.4 Å². The van der Waals surface area contributed by atoms with Gasteiger partial charge in [0.15, 0.2) is 0 Å². The van der Waals surface area contributed by atoms with E-state index in [9.17, 15) is 24.4 Å². The molecule has 2 bridgehead atoms. The Kier molecular flexibility index (Phi) is 6.11. The quantitative estimate of drug-likeness (QED) is 0.143. The fourth-order valence-electron chi connectivity index (χ4n) is 5.68. The number of aliphatic hydroxyl groups excluding tert-OH is 1. The molecular weight excluding hydrogens is 634 g/mol. The summed E-state index contributed by atoms with van der Waals surface area (Å²) >= 11 is 0. The van der Waals surface area contributed by atoms with Crippen LogP contribution in [0.2, 0.25) is 0 Å². The van der Waals surface area contributed by atoms with Crippen LogP contribution >= 0.6 is 15.6 Å². The Morgan fingerprint density at radius 2 is 1.41 bits per heavy atom. The number of aromatic nitrogens is 8. The second-order valence-corrected chi connectivity index (χ2v) is 14.0. The van der Waals surface area contributed by atoms with Gasteiger partial charge in [-0.15, -0.1) is 0 Å². The fraction of sp³-hybridized carbons (Fsp3) is 0.500. The molecule has 24 heteroatoms. The van der Waals surface area contributed by atoms with Crippen LogP contribution in [0, 0.1) is 0 Å². The molecule has 4 saturated heterocycles. The van der Waals surface area contributed by atoms with Gasteiger partial charge in [0.1, 0.15) is 0 Å². The average Bonchev–Trinajstić information content (AvgIpc) is 3.76. The van der Waals surface area contributed by atoms with Crippen molar-refractivity contribution >= 4 is 49.5 Å². The Labute approximate surface area is 244 Å². The van der Waals surface area contributed by atoms with Crippen molar-refractivity contribution in [3.05, 3.63) is 25.3 Å². The van der Waals surface area contributed by atoms with Gasteiger partial charge in [-0.2, -0.15) is 0 Å². The van der Waals surface area contributed by atoms with E-state index in [4.69, 9.17) is 43.6 Å². The number of rotatable bonds is 2. The first-order valence-corrected chi connectivity index (χ1v) is 16.3. The summed E-state index contributed by atoms with van der Waals surface area (Å²) in [6, 6.07) is 0. The van der Waals surface area contributed by atoms with Crippen LogP contribution in [0.4, 0.5) is 11.6 Å². The SMILES string of the molecule is Nc1ncnc2c1ncn2[C@@H]1O[C@@H]2COP(=O)([O-])O[C@@H]3[C@H](O)[C@@H](n4cnc5c(N)ncnc54)O[C@H]3COP3(O)(O)O[C@@H]1[C@@H]2O3. The summed E-state index contributed by atoms with van der Waals surface area (Å²) in [5, 5.41) is 11.2. The number of phosphoric ester groups is 1. The van der Waals surface area contributed by atoms with Gasteiger partial charge in [-0.1, -0.05) is 0 Å². The van der Waals surface area contributed by atoms with E-state index in [1.165, 1.54) is 34.4 Å². The van der Waals surface area contributed by atoms with Crippen LogP contribution in [0.5, 0.6) is 0 Å². The van der Waals surface area contributed by atoms with E-state index < -0.39 is 77.9 Å². The van der Waals surface area contributed by atoms with Crippen LogP contribution in [0.1, 0.15) is 12.5 Å². The first-order valence-electron chi connectivity index (χ1n) is 12.9. The van der Waals surface area contributed by atoms with Crippen molar-refractivity contribution in [2.75, 3.05) is 24.7 Å². The maximum atomic E-state index is 13.0. The number of anilines is 2. The first kappa shape index (κ1) is 28.4.